The van der Waals surface area contributed by atoms with Crippen molar-refractivity contribution in [3.8, 4) is 5.75 Å². The second-order valence-electron chi connectivity index (χ2n) is 5.21. The lowest BCUT2D eigenvalue weighted by molar-refractivity contribution is -0.123. The molecule has 2 aromatic rings. The van der Waals surface area contributed by atoms with Crippen molar-refractivity contribution in [3.63, 3.8) is 0 Å². The topological polar surface area (TPSA) is 38.3 Å². The van der Waals surface area contributed by atoms with Gasteiger partial charge in [-0.25, -0.2) is 0 Å². The Kier molecular flexibility index (Phi) is 6.28. The normalized spacial score (nSPS) is 11.7. The maximum atomic E-state index is 11.9. The molecule has 0 aromatic heterocycles. The van der Waals surface area contributed by atoms with Gasteiger partial charge >= 0.3 is 0 Å². The molecule has 1 N–H and O–H groups in total. The van der Waals surface area contributed by atoms with Crippen LogP contribution in [-0.2, 0) is 11.2 Å². The highest BCUT2D eigenvalue weighted by molar-refractivity contribution is 6.18. The zero-order valence-corrected chi connectivity index (χ0v) is 13.3. The number of rotatable bonds is 7. The lowest BCUT2D eigenvalue weighted by Gasteiger charge is -2.16. The zero-order valence-electron chi connectivity index (χ0n) is 12.6. The smallest absolute Gasteiger partial charge is 0.258 e. The third-order valence-electron chi connectivity index (χ3n) is 3.27. The molecule has 0 fully saturated rings. The fourth-order valence-electron chi connectivity index (χ4n) is 2.10. The van der Waals surface area contributed by atoms with Gasteiger partial charge < -0.3 is 10.1 Å². The summed E-state index contributed by atoms with van der Waals surface area (Å²) in [5.41, 5.74) is 2.30. The molecule has 2 rings (SSSR count). The van der Waals surface area contributed by atoms with Crippen LogP contribution in [0.1, 0.15) is 11.1 Å². The highest BCUT2D eigenvalue weighted by Gasteiger charge is 2.12. The SMILES string of the molecule is Cc1ccc(OCC(=O)N[C@H](CCl)Cc2ccccc2)cc1. The quantitative estimate of drug-likeness (QED) is 0.795. The van der Waals surface area contributed by atoms with Gasteiger partial charge in [0.2, 0.25) is 0 Å². The molecule has 0 aliphatic carbocycles. The molecule has 0 heterocycles. The molecule has 0 radical (unpaired) electrons. The van der Waals surface area contributed by atoms with Crippen molar-refractivity contribution in [2.45, 2.75) is 19.4 Å². The number of amides is 1. The van der Waals surface area contributed by atoms with Gasteiger partial charge in [-0.05, 0) is 31.0 Å². The Morgan fingerprint density at radius 3 is 2.45 bits per heavy atom. The molecule has 2 aromatic carbocycles. The maximum Gasteiger partial charge on any atom is 0.258 e. The molecule has 4 heteroatoms. The van der Waals surface area contributed by atoms with Gasteiger partial charge in [-0.3, -0.25) is 4.79 Å². The predicted molar refractivity (Wildman–Crippen MR) is 89.5 cm³/mol. The number of hydrogen-bond acceptors (Lipinski definition) is 2. The van der Waals surface area contributed by atoms with Crippen LogP contribution in [-0.4, -0.2) is 24.4 Å². The highest BCUT2D eigenvalue weighted by Crippen LogP contribution is 2.11. The molecule has 0 spiro atoms. The average Bonchev–Trinajstić information content (AvgIpc) is 2.54. The van der Waals surface area contributed by atoms with E-state index in [9.17, 15) is 4.79 Å². The number of aryl methyl sites for hydroxylation is 1. The van der Waals surface area contributed by atoms with Crippen molar-refractivity contribution < 1.29 is 9.53 Å². The van der Waals surface area contributed by atoms with Gasteiger partial charge in [0.1, 0.15) is 5.75 Å². The maximum absolute atomic E-state index is 11.9. The number of hydrogen-bond donors (Lipinski definition) is 1. The van der Waals surface area contributed by atoms with E-state index in [0.29, 0.717) is 18.1 Å². The number of alkyl halides is 1. The minimum atomic E-state index is -0.165. The largest absolute Gasteiger partial charge is 0.484 e. The molecule has 116 valence electrons. The number of nitrogens with one attached hydrogen (secondary N) is 1. The molecular formula is C18H20ClNO2. The summed E-state index contributed by atoms with van der Waals surface area (Å²) in [4.78, 5) is 11.9. The fourth-order valence-corrected chi connectivity index (χ4v) is 2.28. The Labute approximate surface area is 136 Å². The van der Waals surface area contributed by atoms with E-state index in [0.717, 1.165) is 11.1 Å². The Balaban J connectivity index is 1.80. The van der Waals surface area contributed by atoms with Gasteiger partial charge in [-0.15, -0.1) is 11.6 Å². The highest BCUT2D eigenvalue weighted by atomic mass is 35.5. The molecule has 1 atom stereocenters. The van der Waals surface area contributed by atoms with Crippen LogP contribution in [0.25, 0.3) is 0 Å². The van der Waals surface area contributed by atoms with Gasteiger partial charge in [0.05, 0.1) is 0 Å². The van der Waals surface area contributed by atoms with Crippen molar-refractivity contribution in [2.75, 3.05) is 12.5 Å². The molecule has 0 aliphatic rings. The summed E-state index contributed by atoms with van der Waals surface area (Å²) in [7, 11) is 0. The molecule has 0 bridgehead atoms. The summed E-state index contributed by atoms with van der Waals surface area (Å²) in [6.45, 7) is 2.00. The van der Waals surface area contributed by atoms with Crippen molar-refractivity contribution in [3.05, 3.63) is 65.7 Å². The number of carbonyl (C=O) groups excluding carboxylic acids is 1. The summed E-state index contributed by atoms with van der Waals surface area (Å²) >= 11 is 5.94. The minimum Gasteiger partial charge on any atom is -0.484 e. The first-order chi connectivity index (χ1) is 10.7. The molecular weight excluding hydrogens is 298 g/mol. The van der Waals surface area contributed by atoms with Crippen LogP contribution in [0, 0.1) is 6.92 Å². The Bertz CT molecular complexity index is 584. The second-order valence-corrected chi connectivity index (χ2v) is 5.52. The summed E-state index contributed by atoms with van der Waals surface area (Å²) < 4.78 is 5.46. The summed E-state index contributed by atoms with van der Waals surface area (Å²) in [5, 5.41) is 2.90. The number of halogens is 1. The number of ether oxygens (including phenoxy) is 1. The van der Waals surface area contributed by atoms with E-state index >= 15 is 0 Å². The monoisotopic (exact) mass is 317 g/mol. The lowest BCUT2D eigenvalue weighted by atomic mass is 10.1. The van der Waals surface area contributed by atoms with Gasteiger partial charge in [0.15, 0.2) is 6.61 Å². The van der Waals surface area contributed by atoms with Crippen LogP contribution in [0.2, 0.25) is 0 Å². The molecule has 0 aliphatic heterocycles. The van der Waals surface area contributed by atoms with Crippen LogP contribution in [0.4, 0.5) is 0 Å². The van der Waals surface area contributed by atoms with Crippen LogP contribution in [0.15, 0.2) is 54.6 Å². The van der Waals surface area contributed by atoms with Gasteiger partial charge in [-0.2, -0.15) is 0 Å². The van der Waals surface area contributed by atoms with Crippen LogP contribution in [0.5, 0.6) is 5.75 Å². The van der Waals surface area contributed by atoms with E-state index in [1.807, 2.05) is 61.5 Å². The second kappa shape index (κ2) is 8.44. The van der Waals surface area contributed by atoms with Crippen molar-refractivity contribution >= 4 is 17.5 Å². The molecule has 3 nitrogen and oxygen atoms in total. The van der Waals surface area contributed by atoms with E-state index in [1.165, 1.54) is 0 Å². The first kappa shape index (κ1) is 16.4. The number of carbonyl (C=O) groups is 1. The van der Waals surface area contributed by atoms with Gasteiger partial charge in [0.25, 0.3) is 5.91 Å². The van der Waals surface area contributed by atoms with E-state index in [4.69, 9.17) is 16.3 Å². The van der Waals surface area contributed by atoms with Crippen LogP contribution < -0.4 is 10.1 Å². The zero-order chi connectivity index (χ0) is 15.8. The Morgan fingerprint density at radius 1 is 1.14 bits per heavy atom. The van der Waals surface area contributed by atoms with Crippen molar-refractivity contribution in [2.24, 2.45) is 0 Å². The van der Waals surface area contributed by atoms with E-state index in [2.05, 4.69) is 5.32 Å². The molecule has 1 amide bonds. The third kappa shape index (κ3) is 5.41. The van der Waals surface area contributed by atoms with Crippen molar-refractivity contribution in [1.82, 2.24) is 5.32 Å². The van der Waals surface area contributed by atoms with Crippen LogP contribution in [0.3, 0.4) is 0 Å². The lowest BCUT2D eigenvalue weighted by Crippen LogP contribution is -2.40. The minimum absolute atomic E-state index is 0.00869. The fraction of sp³-hybridized carbons (Fsp3) is 0.278. The van der Waals surface area contributed by atoms with Gasteiger partial charge in [0, 0.05) is 11.9 Å². The summed E-state index contributed by atoms with van der Waals surface area (Å²) in [5.74, 6) is 0.888. The summed E-state index contributed by atoms with van der Waals surface area (Å²) in [6.07, 6.45) is 0.709. The number of benzene rings is 2. The van der Waals surface area contributed by atoms with E-state index in [1.54, 1.807) is 0 Å². The molecule has 0 saturated heterocycles. The predicted octanol–water partition coefficient (Wildman–Crippen LogP) is 3.34. The first-order valence-corrected chi connectivity index (χ1v) is 7.79. The first-order valence-electron chi connectivity index (χ1n) is 7.26. The Hall–Kier alpha value is -2.00. The molecule has 0 unspecified atom stereocenters. The third-order valence-corrected chi connectivity index (χ3v) is 3.64. The standard InChI is InChI=1S/C18H20ClNO2/c1-14-7-9-17(10-8-14)22-13-18(21)20-16(12-19)11-15-5-3-2-4-6-15/h2-10,16H,11-13H2,1H3,(H,20,21)/t16-/m0/s1. The average molecular weight is 318 g/mol. The summed E-state index contributed by atoms with van der Waals surface area (Å²) in [6, 6.07) is 17.5. The van der Waals surface area contributed by atoms with Crippen LogP contribution >= 0.6 is 11.6 Å². The van der Waals surface area contributed by atoms with Gasteiger partial charge in [-0.1, -0.05) is 48.0 Å². The van der Waals surface area contributed by atoms with E-state index in [-0.39, 0.29) is 18.6 Å². The van der Waals surface area contributed by atoms with E-state index < -0.39 is 0 Å². The molecule has 22 heavy (non-hydrogen) atoms. The van der Waals surface area contributed by atoms with Crippen molar-refractivity contribution in [1.29, 1.82) is 0 Å². The molecule has 0 saturated carbocycles. The Morgan fingerprint density at radius 2 is 1.82 bits per heavy atom.